The van der Waals surface area contributed by atoms with E-state index in [0.29, 0.717) is 76.8 Å². The summed E-state index contributed by atoms with van der Waals surface area (Å²) in [5.74, 6) is 35.6. The van der Waals surface area contributed by atoms with E-state index in [4.69, 9.17) is 29.7 Å². The highest BCUT2D eigenvalue weighted by Gasteiger charge is 2.49. The molecule has 147 heavy (non-hydrogen) atoms. The smallest absolute Gasteiger partial charge is 0.213 e. The second kappa shape index (κ2) is 48.3. The fourth-order valence-corrected chi connectivity index (χ4v) is 22.2. The molecular formula is C126H133N15O6. The van der Waals surface area contributed by atoms with Crippen molar-refractivity contribution in [1.82, 2.24) is 69.4 Å². The Morgan fingerprint density at radius 3 is 0.952 bits per heavy atom. The molecule has 748 valence electrons. The summed E-state index contributed by atoms with van der Waals surface area (Å²) in [5, 5.41) is 59.3. The lowest BCUT2D eigenvalue weighted by Gasteiger charge is -2.47. The number of aliphatic hydroxyl groups is 5. The summed E-state index contributed by atoms with van der Waals surface area (Å²) < 4.78 is 5.73. The summed E-state index contributed by atoms with van der Waals surface area (Å²) in [6.45, 7) is 19.9. The number of hydrogen-bond donors (Lipinski definition) is 6. The molecule has 0 radical (unpaired) electrons. The summed E-state index contributed by atoms with van der Waals surface area (Å²) in [5.41, 5.74) is 15.8. The molecular weight excluding hydrogens is 1820 g/mol. The van der Waals surface area contributed by atoms with E-state index in [0.717, 1.165) is 258 Å². The van der Waals surface area contributed by atoms with Crippen LogP contribution in [-0.4, -0.2) is 234 Å². The van der Waals surface area contributed by atoms with E-state index < -0.39 is 28.0 Å². The summed E-state index contributed by atoms with van der Waals surface area (Å²) in [7, 11) is 0. The zero-order valence-corrected chi connectivity index (χ0v) is 84.6. The van der Waals surface area contributed by atoms with E-state index in [1.54, 1.807) is 37.2 Å². The molecule has 6 N–H and O–H groups in total. The number of unbranched alkanes of at least 4 members (excludes halogenated alkanes) is 1. The fraction of sp³-hybridized carbons (Fsp3) is 0.373. The Balaban J connectivity index is 0.000000116. The van der Waals surface area contributed by atoms with Crippen LogP contribution >= 0.6 is 0 Å². The van der Waals surface area contributed by atoms with Crippen LogP contribution in [0.4, 0.5) is 5.82 Å². The van der Waals surface area contributed by atoms with Crippen molar-refractivity contribution in [3.05, 3.63) is 364 Å². The second-order valence-corrected chi connectivity index (χ2v) is 41.0. The third-order valence-corrected chi connectivity index (χ3v) is 30.7. The molecule has 0 spiro atoms. The number of piperidine rings is 15. The summed E-state index contributed by atoms with van der Waals surface area (Å²) >= 11 is 0. The Labute approximate surface area is 866 Å². The monoisotopic (exact) mass is 1950 g/mol. The molecule has 15 aliphatic rings. The molecule has 5 atom stereocenters. The third-order valence-electron chi connectivity index (χ3n) is 30.7. The van der Waals surface area contributed by atoms with Crippen LogP contribution in [0.3, 0.4) is 0 Å². The Morgan fingerprint density at radius 2 is 0.626 bits per heavy atom. The quantitative estimate of drug-likeness (QED) is 0.0306. The number of hydrogen-bond acceptors (Lipinski definition) is 21. The van der Waals surface area contributed by atoms with Crippen molar-refractivity contribution < 1.29 is 30.3 Å². The van der Waals surface area contributed by atoms with Gasteiger partial charge in [-0.25, -0.2) is 15.0 Å². The molecule has 23 heterocycles. The minimum Gasteiger partial charge on any atom is -0.478 e. The predicted octanol–water partition coefficient (Wildman–Crippen LogP) is 17.0. The maximum atomic E-state index is 11.2. The Hall–Kier alpha value is -13.8. The molecule has 21 heteroatoms. The predicted molar refractivity (Wildman–Crippen MR) is 579 cm³/mol. The normalized spacial score (nSPS) is 25.1. The number of pyridine rings is 7. The Morgan fingerprint density at radius 1 is 0.299 bits per heavy atom. The molecule has 13 aromatic rings. The van der Waals surface area contributed by atoms with E-state index in [-0.39, 0.29) is 23.7 Å². The SMILES string of the molecule is CCCCNc1ccc(C#CC2(O)CN3CCC2CC3)c(Cc2ccccc2)n1.CCCOc1ccc(C#CC2(O)CN3CCC2CC3)c(Cc2ccccc2)n1.OC1(C#Cc2ccc(-c3cccnc3)nc2Cc2ccccc2)CN2CCC1CC2.OC1(C#Cc2ccc(-c3ccncc3)nc2Cc2ccccc2)CN2CCC1CC2.OC1(C#Cc2ccc(-c3cnccn3)nc2Cc2ccccc2)CN2CCC1CC2. The molecule has 0 saturated carbocycles. The summed E-state index contributed by atoms with van der Waals surface area (Å²) in [6.07, 6.45) is 29.3. The lowest BCUT2D eigenvalue weighted by molar-refractivity contribution is -0.0714. The second-order valence-electron chi connectivity index (χ2n) is 41.0. The number of nitrogens with zero attached hydrogens (tertiary/aromatic N) is 14. The number of fused-ring (bicyclic) bond motifs is 15. The van der Waals surface area contributed by atoms with Gasteiger partial charge < -0.3 is 35.6 Å². The highest BCUT2D eigenvalue weighted by Crippen LogP contribution is 2.42. The van der Waals surface area contributed by atoms with Gasteiger partial charge in [0.15, 0.2) is 0 Å². The highest BCUT2D eigenvalue weighted by molar-refractivity contribution is 5.63. The first kappa shape index (κ1) is 102. The minimum absolute atomic E-state index is 0.263. The molecule has 15 aliphatic heterocycles. The van der Waals surface area contributed by atoms with Crippen molar-refractivity contribution in [2.75, 3.05) is 117 Å². The van der Waals surface area contributed by atoms with Crippen molar-refractivity contribution in [2.24, 2.45) is 29.6 Å². The Bertz CT molecular complexity index is 6480. The maximum absolute atomic E-state index is 11.2. The van der Waals surface area contributed by atoms with Gasteiger partial charge in [-0.3, -0.25) is 54.4 Å². The lowest BCUT2D eigenvalue weighted by Crippen LogP contribution is -2.58. The first-order valence-electron chi connectivity index (χ1n) is 52.9. The van der Waals surface area contributed by atoms with Gasteiger partial charge in [0, 0.05) is 183 Å². The largest absolute Gasteiger partial charge is 0.478 e. The number of benzene rings is 5. The number of anilines is 1. The van der Waals surface area contributed by atoms with Gasteiger partial charge in [0.2, 0.25) is 5.88 Å². The van der Waals surface area contributed by atoms with Crippen molar-refractivity contribution in [3.63, 3.8) is 0 Å². The molecule has 21 nitrogen and oxygen atoms in total. The number of aromatic nitrogens is 9. The Kier molecular flexibility index (Phi) is 33.4. The van der Waals surface area contributed by atoms with Crippen molar-refractivity contribution in [2.45, 2.75) is 157 Å². The zero-order chi connectivity index (χ0) is 101. The van der Waals surface area contributed by atoms with Crippen molar-refractivity contribution in [1.29, 1.82) is 0 Å². The van der Waals surface area contributed by atoms with Crippen molar-refractivity contribution >= 4 is 5.82 Å². The van der Waals surface area contributed by atoms with Gasteiger partial charge in [-0.1, -0.05) is 231 Å². The van der Waals surface area contributed by atoms with Gasteiger partial charge in [0.25, 0.3) is 0 Å². The first-order valence-corrected chi connectivity index (χ1v) is 52.9. The third kappa shape index (κ3) is 26.4. The van der Waals surface area contributed by atoms with E-state index in [1.165, 1.54) is 27.8 Å². The van der Waals surface area contributed by atoms with Crippen LogP contribution in [-0.2, 0) is 32.1 Å². The van der Waals surface area contributed by atoms with Crippen LogP contribution in [0.25, 0.3) is 33.9 Å². The minimum atomic E-state index is -0.926. The van der Waals surface area contributed by atoms with E-state index in [9.17, 15) is 25.5 Å². The van der Waals surface area contributed by atoms with Crippen LogP contribution in [0.5, 0.6) is 5.88 Å². The van der Waals surface area contributed by atoms with Crippen LogP contribution in [0, 0.1) is 88.8 Å². The van der Waals surface area contributed by atoms with Gasteiger partial charge in [0.1, 0.15) is 39.5 Å². The van der Waals surface area contributed by atoms with Crippen LogP contribution < -0.4 is 10.1 Å². The van der Waals surface area contributed by atoms with Gasteiger partial charge in [-0.05, 0) is 249 Å². The van der Waals surface area contributed by atoms with Crippen LogP contribution in [0.2, 0.25) is 0 Å². The lowest BCUT2D eigenvalue weighted by atomic mass is 9.75. The molecule has 8 aromatic heterocycles. The average molecular weight is 1950 g/mol. The molecule has 5 aromatic carbocycles. The van der Waals surface area contributed by atoms with E-state index in [1.807, 2.05) is 164 Å². The number of ether oxygens (including phenoxy) is 1. The van der Waals surface area contributed by atoms with Gasteiger partial charge in [0.05, 0.1) is 58.4 Å². The molecule has 15 saturated heterocycles. The molecule has 15 fully saturated rings. The fourth-order valence-electron chi connectivity index (χ4n) is 22.2. The van der Waals surface area contributed by atoms with E-state index >= 15 is 0 Å². The van der Waals surface area contributed by atoms with Crippen LogP contribution in [0.1, 0.15) is 181 Å². The first-order chi connectivity index (χ1) is 71.9. The topological polar surface area (TPSA) is 255 Å². The van der Waals surface area contributed by atoms with E-state index in [2.05, 4.69) is 202 Å². The average Bonchev–Trinajstić information content (AvgIpc) is 0.789. The summed E-state index contributed by atoms with van der Waals surface area (Å²) in [4.78, 5) is 52.8. The highest BCUT2D eigenvalue weighted by atomic mass is 16.5. The molecule has 5 unspecified atom stereocenters. The summed E-state index contributed by atoms with van der Waals surface area (Å²) in [6, 6.07) is 79.4. The molecule has 0 aliphatic carbocycles. The zero-order valence-electron chi connectivity index (χ0n) is 84.6. The van der Waals surface area contributed by atoms with Gasteiger partial charge in [-0.15, -0.1) is 0 Å². The number of rotatable bonds is 20. The molecule has 10 bridgehead atoms. The maximum Gasteiger partial charge on any atom is 0.213 e. The van der Waals surface area contributed by atoms with Crippen LogP contribution in [0.15, 0.2) is 280 Å². The molecule has 28 rings (SSSR count). The van der Waals surface area contributed by atoms with Gasteiger partial charge >= 0.3 is 0 Å². The standard InChI is InChI=1S/2C26H25N3O.C25H24N4O.C25H31N3O.C24H28N2O2/c30-26(19-29-15-11-23(26)12-16-29)13-10-21-8-9-24(22-7-4-14-27-18-22)28-25(21)17-20-5-2-1-3-6-20;30-26(19-29-16-11-23(26)12-17-29)13-8-21-6-7-24(22-9-14-27-15-10-22)28-25(21)18-20-4-2-1-3-5-20;30-25(18-29-14-9-21(25)10-15-29)11-8-20-6-7-22(24-17-26-12-13-27-24)28-23(20)16-19-4-2-1-3-5-19;1-2-3-15-26-24-10-9-21(23(27-24)18-20-7-5-4-6-8-20)11-14-25(29)19-28-16-12-22(25)13-17-28;1-2-16-28-23-9-8-20(22(25-23)17-19-6-4-3-5-7-19)10-13-24(27)18-26-14-11-21(24)12-15-26/h1-9,14,18,23,30H,11-12,15-17,19H2;1-7,9-10,14-15,23,30H,11-12,16-19H2;1-7,12-13,17,21,30H,9-10,14-16,18H2;4-10,22,29H,2-3,12-13,15-19H2,1H3,(H,26,27);3-9,21,27H,2,11-12,14-18H2,1H3. The van der Waals surface area contributed by atoms with Gasteiger partial charge in [-0.2, -0.15) is 0 Å². The van der Waals surface area contributed by atoms with Crippen molar-refractivity contribution in [3.8, 4) is 99.0 Å². The molecule has 0 amide bonds. The number of nitrogens with one attached hydrogen (secondary N) is 1.